The SMILES string of the molecule is CCOC(=O)N1CCC(NC(N)=NCC(CO)Cc2ccccn2)CC1.I. The number of aliphatic hydroxyl groups is 1. The van der Waals surface area contributed by atoms with Crippen molar-refractivity contribution < 1.29 is 14.6 Å². The summed E-state index contributed by atoms with van der Waals surface area (Å²) in [5.41, 5.74) is 6.91. The van der Waals surface area contributed by atoms with Crippen molar-refractivity contribution in [1.82, 2.24) is 15.2 Å². The third kappa shape index (κ3) is 8.29. The lowest BCUT2D eigenvalue weighted by Crippen LogP contribution is -2.48. The van der Waals surface area contributed by atoms with Gasteiger partial charge < -0.3 is 25.8 Å². The third-order valence-corrected chi connectivity index (χ3v) is 4.37. The summed E-state index contributed by atoms with van der Waals surface area (Å²) in [6.07, 6.45) is 3.74. The number of nitrogens with zero attached hydrogens (tertiary/aromatic N) is 3. The minimum atomic E-state index is -0.257. The summed E-state index contributed by atoms with van der Waals surface area (Å²) in [5.74, 6) is 0.356. The van der Waals surface area contributed by atoms with E-state index in [4.69, 9.17) is 10.5 Å². The zero-order valence-corrected chi connectivity index (χ0v) is 18.0. The van der Waals surface area contributed by atoms with Crippen LogP contribution in [0.3, 0.4) is 0 Å². The second-order valence-electron chi connectivity index (χ2n) is 6.40. The number of nitrogens with two attached hydrogens (primary N) is 1. The maximum atomic E-state index is 11.7. The first-order chi connectivity index (χ1) is 12.6. The Bertz CT molecular complexity index is 580. The molecule has 1 saturated heterocycles. The van der Waals surface area contributed by atoms with E-state index in [-0.39, 0.29) is 48.6 Å². The molecule has 1 aromatic rings. The van der Waals surface area contributed by atoms with E-state index in [1.807, 2.05) is 18.2 Å². The fraction of sp³-hybridized carbons (Fsp3) is 0.611. The highest BCUT2D eigenvalue weighted by atomic mass is 127. The highest BCUT2D eigenvalue weighted by molar-refractivity contribution is 14.0. The van der Waals surface area contributed by atoms with Gasteiger partial charge in [0.25, 0.3) is 0 Å². The van der Waals surface area contributed by atoms with Crippen molar-refractivity contribution in [3.05, 3.63) is 30.1 Å². The summed E-state index contributed by atoms with van der Waals surface area (Å²) in [5, 5.41) is 12.7. The Hall–Kier alpha value is -1.62. The molecule has 4 N–H and O–H groups in total. The Balaban J connectivity index is 0.00000364. The molecule has 0 radical (unpaired) electrons. The van der Waals surface area contributed by atoms with Gasteiger partial charge in [-0.15, -0.1) is 24.0 Å². The minimum Gasteiger partial charge on any atom is -0.450 e. The molecule has 1 aliphatic heterocycles. The summed E-state index contributed by atoms with van der Waals surface area (Å²) in [6, 6.07) is 5.92. The topological polar surface area (TPSA) is 113 Å². The van der Waals surface area contributed by atoms with Crippen molar-refractivity contribution in [1.29, 1.82) is 0 Å². The van der Waals surface area contributed by atoms with E-state index in [0.29, 0.717) is 38.6 Å². The average Bonchev–Trinajstić information content (AvgIpc) is 2.66. The van der Waals surface area contributed by atoms with Crippen molar-refractivity contribution >= 4 is 36.0 Å². The van der Waals surface area contributed by atoms with Crippen molar-refractivity contribution in [2.45, 2.75) is 32.2 Å². The van der Waals surface area contributed by atoms with Gasteiger partial charge >= 0.3 is 6.09 Å². The molecule has 0 saturated carbocycles. The highest BCUT2D eigenvalue weighted by Gasteiger charge is 2.23. The van der Waals surface area contributed by atoms with Gasteiger partial charge in [0.1, 0.15) is 0 Å². The van der Waals surface area contributed by atoms with Crippen LogP contribution in [0.25, 0.3) is 0 Å². The van der Waals surface area contributed by atoms with Crippen LogP contribution in [0.1, 0.15) is 25.5 Å². The number of carbonyl (C=O) groups is 1. The first-order valence-electron chi connectivity index (χ1n) is 9.11. The smallest absolute Gasteiger partial charge is 0.409 e. The number of nitrogens with one attached hydrogen (secondary N) is 1. The Morgan fingerprint density at radius 1 is 1.48 bits per heavy atom. The number of likely N-dealkylation sites (tertiary alicyclic amines) is 1. The van der Waals surface area contributed by atoms with Crippen LogP contribution in [0.15, 0.2) is 29.4 Å². The molecule has 27 heavy (non-hydrogen) atoms. The van der Waals surface area contributed by atoms with Crippen LogP contribution < -0.4 is 11.1 Å². The number of pyridine rings is 1. The maximum Gasteiger partial charge on any atom is 0.409 e. The van der Waals surface area contributed by atoms with Gasteiger partial charge in [0.05, 0.1) is 6.61 Å². The highest BCUT2D eigenvalue weighted by Crippen LogP contribution is 2.11. The zero-order valence-electron chi connectivity index (χ0n) is 15.7. The molecule has 8 nitrogen and oxygen atoms in total. The second kappa shape index (κ2) is 12.7. The third-order valence-electron chi connectivity index (χ3n) is 4.37. The number of hydrogen-bond acceptors (Lipinski definition) is 5. The molecule has 0 bridgehead atoms. The molecule has 1 fully saturated rings. The van der Waals surface area contributed by atoms with Crippen LogP contribution in [0, 0.1) is 5.92 Å². The molecule has 1 atom stereocenters. The van der Waals surface area contributed by atoms with Gasteiger partial charge in [0.15, 0.2) is 5.96 Å². The quantitative estimate of drug-likeness (QED) is 0.302. The fourth-order valence-electron chi connectivity index (χ4n) is 2.90. The van der Waals surface area contributed by atoms with Crippen molar-refractivity contribution in [3.8, 4) is 0 Å². The fourth-order valence-corrected chi connectivity index (χ4v) is 2.90. The standard InChI is InChI=1S/C18H29N5O3.HI/c1-2-26-18(25)23-9-6-15(7-10-23)22-17(19)21-12-14(13-24)11-16-5-3-4-8-20-16;/h3-5,8,14-15,24H,2,6-7,9-13H2,1H3,(H3,19,21,22);1H. The van der Waals surface area contributed by atoms with Gasteiger partial charge in [-0.25, -0.2) is 4.79 Å². The average molecular weight is 491 g/mol. The number of halogens is 1. The molecule has 1 unspecified atom stereocenters. The molecule has 0 spiro atoms. The first kappa shape index (κ1) is 23.4. The van der Waals surface area contributed by atoms with E-state index in [1.165, 1.54) is 0 Å². The number of aromatic nitrogens is 1. The number of ether oxygens (including phenoxy) is 1. The molecule has 0 aromatic carbocycles. The van der Waals surface area contributed by atoms with Gasteiger partial charge in [-0.1, -0.05) is 6.07 Å². The van der Waals surface area contributed by atoms with Gasteiger partial charge in [0.2, 0.25) is 0 Å². The Morgan fingerprint density at radius 3 is 2.81 bits per heavy atom. The zero-order chi connectivity index (χ0) is 18.8. The molecule has 1 amide bonds. The maximum absolute atomic E-state index is 11.7. The molecular formula is C18H30IN5O3. The van der Waals surface area contributed by atoms with Crippen LogP contribution in [0.5, 0.6) is 0 Å². The number of guanidine groups is 1. The van der Waals surface area contributed by atoms with Crippen molar-refractivity contribution in [2.75, 3.05) is 32.8 Å². The molecule has 0 aliphatic carbocycles. The van der Waals surface area contributed by atoms with Crippen LogP contribution in [0.4, 0.5) is 4.79 Å². The summed E-state index contributed by atoms with van der Waals surface area (Å²) in [4.78, 5) is 22.0. The van der Waals surface area contributed by atoms with Gasteiger partial charge in [-0.2, -0.15) is 0 Å². The number of aliphatic hydroxyl groups excluding tert-OH is 1. The molecule has 1 aliphatic rings. The van der Waals surface area contributed by atoms with Crippen molar-refractivity contribution in [2.24, 2.45) is 16.6 Å². The van der Waals surface area contributed by atoms with E-state index in [1.54, 1.807) is 18.0 Å². The lowest BCUT2D eigenvalue weighted by Gasteiger charge is -2.31. The Labute approximate surface area is 177 Å². The van der Waals surface area contributed by atoms with Crippen LogP contribution in [-0.2, 0) is 11.2 Å². The van der Waals surface area contributed by atoms with E-state index in [9.17, 15) is 9.90 Å². The van der Waals surface area contributed by atoms with E-state index < -0.39 is 0 Å². The van der Waals surface area contributed by atoms with E-state index in [0.717, 1.165) is 18.5 Å². The molecule has 9 heteroatoms. The van der Waals surface area contributed by atoms with Crippen molar-refractivity contribution in [3.63, 3.8) is 0 Å². The van der Waals surface area contributed by atoms with Crippen LogP contribution >= 0.6 is 24.0 Å². The van der Waals surface area contributed by atoms with E-state index >= 15 is 0 Å². The molecule has 2 rings (SSSR count). The summed E-state index contributed by atoms with van der Waals surface area (Å²) >= 11 is 0. The van der Waals surface area contributed by atoms with Crippen LogP contribution in [0.2, 0.25) is 0 Å². The van der Waals surface area contributed by atoms with Crippen LogP contribution in [-0.4, -0.2) is 65.9 Å². The molecule has 1 aromatic heterocycles. The minimum absolute atomic E-state index is 0. The number of carbonyl (C=O) groups excluding carboxylic acids is 1. The molecule has 152 valence electrons. The predicted molar refractivity (Wildman–Crippen MR) is 115 cm³/mol. The molecule has 2 heterocycles. The lowest BCUT2D eigenvalue weighted by atomic mass is 10.0. The van der Waals surface area contributed by atoms with Gasteiger partial charge in [0, 0.05) is 50.1 Å². The normalized spacial score (nSPS) is 16.4. The predicted octanol–water partition coefficient (Wildman–Crippen LogP) is 1.38. The lowest BCUT2D eigenvalue weighted by molar-refractivity contribution is 0.0963. The number of piperidine rings is 1. The number of amides is 1. The number of rotatable bonds is 7. The Kier molecular flexibility index (Phi) is 11.0. The monoisotopic (exact) mass is 491 g/mol. The molecular weight excluding hydrogens is 461 g/mol. The summed E-state index contributed by atoms with van der Waals surface area (Å²) in [6.45, 7) is 3.95. The summed E-state index contributed by atoms with van der Waals surface area (Å²) < 4.78 is 5.01. The summed E-state index contributed by atoms with van der Waals surface area (Å²) in [7, 11) is 0. The van der Waals surface area contributed by atoms with E-state index in [2.05, 4.69) is 15.3 Å². The first-order valence-corrected chi connectivity index (χ1v) is 9.11. The Morgan fingerprint density at radius 2 is 2.22 bits per heavy atom. The second-order valence-corrected chi connectivity index (χ2v) is 6.40. The largest absolute Gasteiger partial charge is 0.450 e. The number of hydrogen-bond donors (Lipinski definition) is 3. The number of aliphatic imine (C=N–C) groups is 1. The van der Waals surface area contributed by atoms with Gasteiger partial charge in [-0.3, -0.25) is 9.98 Å². The van der Waals surface area contributed by atoms with Gasteiger partial charge in [-0.05, 0) is 38.3 Å².